The number of aryl methyl sites for hydroxylation is 1. The molecule has 2 rings (SSSR count). The third kappa shape index (κ3) is 5.98. The fourth-order valence-corrected chi connectivity index (χ4v) is 3.34. The summed E-state index contributed by atoms with van der Waals surface area (Å²) in [5.74, 6) is 0.226. The zero-order valence-electron chi connectivity index (χ0n) is 16.1. The van der Waals surface area contributed by atoms with Crippen molar-refractivity contribution in [2.24, 2.45) is 0 Å². The first-order chi connectivity index (χ1) is 12.0. The van der Waals surface area contributed by atoms with Crippen molar-refractivity contribution in [3.8, 4) is 0 Å². The Morgan fingerprint density at radius 1 is 1.28 bits per heavy atom. The van der Waals surface area contributed by atoms with E-state index < -0.39 is 0 Å². The van der Waals surface area contributed by atoms with E-state index in [9.17, 15) is 4.79 Å². The predicted molar refractivity (Wildman–Crippen MR) is 105 cm³/mol. The van der Waals surface area contributed by atoms with Gasteiger partial charge in [-0.25, -0.2) is 0 Å². The molecule has 1 aliphatic heterocycles. The van der Waals surface area contributed by atoms with Crippen LogP contribution in [0.1, 0.15) is 30.9 Å². The van der Waals surface area contributed by atoms with Crippen molar-refractivity contribution in [2.45, 2.75) is 39.3 Å². The summed E-state index contributed by atoms with van der Waals surface area (Å²) in [6.07, 6.45) is 3.34. The van der Waals surface area contributed by atoms with Gasteiger partial charge in [0.15, 0.2) is 0 Å². The minimum absolute atomic E-state index is 0.226. The maximum Gasteiger partial charge on any atom is 0.223 e. The molecule has 1 amide bonds. The molecule has 0 N–H and O–H groups in total. The number of hydrogen-bond donors (Lipinski definition) is 0. The zero-order chi connectivity index (χ0) is 18.2. The Kier molecular flexibility index (Phi) is 7.66. The number of nitrogens with zero attached hydrogens (tertiary/aromatic N) is 3. The van der Waals surface area contributed by atoms with Crippen molar-refractivity contribution in [1.82, 2.24) is 14.7 Å². The van der Waals surface area contributed by atoms with Crippen LogP contribution in [0.3, 0.4) is 0 Å². The summed E-state index contributed by atoms with van der Waals surface area (Å²) >= 11 is 0. The van der Waals surface area contributed by atoms with Gasteiger partial charge in [-0.2, -0.15) is 0 Å². The molecule has 1 fully saturated rings. The van der Waals surface area contributed by atoms with Crippen LogP contribution in [0, 0.1) is 6.92 Å². The predicted octanol–water partition coefficient (Wildman–Crippen LogP) is 2.93. The monoisotopic (exact) mass is 343 g/mol. The van der Waals surface area contributed by atoms with Gasteiger partial charge in [0, 0.05) is 51.7 Å². The SMILES string of the molecule is C=CCN(Cc1ccccc1C)C(=O)CCC(C)N1CCN(C)CC1. The van der Waals surface area contributed by atoms with Crippen LogP contribution in [0.25, 0.3) is 0 Å². The molecule has 0 aliphatic carbocycles. The number of benzene rings is 1. The lowest BCUT2D eigenvalue weighted by Crippen LogP contribution is -2.48. The van der Waals surface area contributed by atoms with Crippen LogP contribution in [0.5, 0.6) is 0 Å². The summed E-state index contributed by atoms with van der Waals surface area (Å²) < 4.78 is 0. The molecule has 1 heterocycles. The Hall–Kier alpha value is -1.65. The van der Waals surface area contributed by atoms with Gasteiger partial charge < -0.3 is 9.80 Å². The summed E-state index contributed by atoms with van der Waals surface area (Å²) in [5, 5.41) is 0. The summed E-state index contributed by atoms with van der Waals surface area (Å²) in [4.78, 5) is 19.5. The van der Waals surface area contributed by atoms with Crippen molar-refractivity contribution < 1.29 is 4.79 Å². The maximum atomic E-state index is 12.7. The molecule has 4 heteroatoms. The molecule has 138 valence electrons. The van der Waals surface area contributed by atoms with Crippen LogP contribution in [0.2, 0.25) is 0 Å². The Labute approximate surface area is 153 Å². The van der Waals surface area contributed by atoms with Gasteiger partial charge in [0.05, 0.1) is 0 Å². The van der Waals surface area contributed by atoms with E-state index in [2.05, 4.69) is 49.4 Å². The van der Waals surface area contributed by atoms with E-state index in [0.717, 1.165) is 32.6 Å². The minimum Gasteiger partial charge on any atom is -0.335 e. The molecule has 0 aromatic heterocycles. The van der Waals surface area contributed by atoms with E-state index in [1.807, 2.05) is 23.1 Å². The quantitative estimate of drug-likeness (QED) is 0.679. The first-order valence-electron chi connectivity index (χ1n) is 9.37. The van der Waals surface area contributed by atoms with E-state index in [-0.39, 0.29) is 5.91 Å². The highest BCUT2D eigenvalue weighted by molar-refractivity contribution is 5.76. The molecular formula is C21H33N3O. The fraction of sp³-hybridized carbons (Fsp3) is 0.571. The van der Waals surface area contributed by atoms with Gasteiger partial charge in [0.1, 0.15) is 0 Å². The number of carbonyl (C=O) groups excluding carboxylic acids is 1. The van der Waals surface area contributed by atoms with Crippen molar-refractivity contribution >= 4 is 5.91 Å². The second kappa shape index (κ2) is 9.73. The van der Waals surface area contributed by atoms with Crippen LogP contribution in [0.4, 0.5) is 0 Å². The molecule has 1 aromatic rings. The van der Waals surface area contributed by atoms with Gasteiger partial charge in [-0.3, -0.25) is 9.69 Å². The number of rotatable bonds is 8. The van der Waals surface area contributed by atoms with Gasteiger partial charge in [-0.15, -0.1) is 6.58 Å². The molecule has 1 unspecified atom stereocenters. The zero-order valence-corrected chi connectivity index (χ0v) is 16.1. The van der Waals surface area contributed by atoms with Gasteiger partial charge in [0.25, 0.3) is 0 Å². The van der Waals surface area contributed by atoms with Crippen LogP contribution >= 0.6 is 0 Å². The molecule has 25 heavy (non-hydrogen) atoms. The average molecular weight is 344 g/mol. The number of carbonyl (C=O) groups is 1. The smallest absolute Gasteiger partial charge is 0.223 e. The normalized spacial score (nSPS) is 17.2. The molecule has 0 bridgehead atoms. The van der Waals surface area contributed by atoms with E-state index in [4.69, 9.17) is 0 Å². The first kappa shape index (κ1) is 19.7. The largest absolute Gasteiger partial charge is 0.335 e. The van der Waals surface area contributed by atoms with Gasteiger partial charge in [-0.1, -0.05) is 30.3 Å². The highest BCUT2D eigenvalue weighted by Gasteiger charge is 2.21. The molecule has 1 aliphatic rings. The van der Waals surface area contributed by atoms with Crippen molar-refractivity contribution in [1.29, 1.82) is 0 Å². The molecule has 0 spiro atoms. The molecule has 0 radical (unpaired) electrons. The lowest BCUT2D eigenvalue weighted by atomic mass is 10.1. The molecular weight excluding hydrogens is 310 g/mol. The summed E-state index contributed by atoms with van der Waals surface area (Å²) in [5.41, 5.74) is 2.44. The fourth-order valence-electron chi connectivity index (χ4n) is 3.34. The molecule has 0 saturated carbocycles. The van der Waals surface area contributed by atoms with Crippen LogP contribution in [-0.2, 0) is 11.3 Å². The third-order valence-electron chi connectivity index (χ3n) is 5.26. The topological polar surface area (TPSA) is 26.8 Å². The van der Waals surface area contributed by atoms with E-state index in [1.54, 1.807) is 0 Å². The average Bonchev–Trinajstić information content (AvgIpc) is 2.61. The second-order valence-electron chi connectivity index (χ2n) is 7.22. The summed E-state index contributed by atoms with van der Waals surface area (Å²) in [6.45, 7) is 13.9. The number of amides is 1. The van der Waals surface area contributed by atoms with E-state index in [0.29, 0.717) is 25.6 Å². The Morgan fingerprint density at radius 3 is 2.60 bits per heavy atom. The standard InChI is InChI=1S/C21H33N3O/c1-5-12-24(17-20-9-7-6-8-18(20)2)21(25)11-10-19(3)23-15-13-22(4)14-16-23/h5-9,19H,1,10-17H2,2-4H3. The Morgan fingerprint density at radius 2 is 1.96 bits per heavy atom. The lowest BCUT2D eigenvalue weighted by Gasteiger charge is -2.36. The molecule has 1 aromatic carbocycles. The number of piperazine rings is 1. The second-order valence-corrected chi connectivity index (χ2v) is 7.22. The van der Waals surface area contributed by atoms with Crippen LogP contribution < -0.4 is 0 Å². The molecule has 1 saturated heterocycles. The molecule has 1 atom stereocenters. The minimum atomic E-state index is 0.226. The van der Waals surface area contributed by atoms with E-state index in [1.165, 1.54) is 11.1 Å². The Bertz CT molecular complexity index is 564. The highest BCUT2D eigenvalue weighted by Crippen LogP contribution is 2.14. The van der Waals surface area contributed by atoms with E-state index >= 15 is 0 Å². The number of likely N-dealkylation sites (N-methyl/N-ethyl adjacent to an activating group) is 1. The number of hydrogen-bond acceptors (Lipinski definition) is 3. The maximum absolute atomic E-state index is 12.7. The third-order valence-corrected chi connectivity index (χ3v) is 5.26. The molecule has 4 nitrogen and oxygen atoms in total. The lowest BCUT2D eigenvalue weighted by molar-refractivity contribution is -0.131. The summed E-state index contributed by atoms with van der Waals surface area (Å²) in [6, 6.07) is 8.74. The van der Waals surface area contributed by atoms with Crippen molar-refractivity contribution in [2.75, 3.05) is 39.8 Å². The van der Waals surface area contributed by atoms with Gasteiger partial charge >= 0.3 is 0 Å². The van der Waals surface area contributed by atoms with Crippen LogP contribution in [0.15, 0.2) is 36.9 Å². The summed E-state index contributed by atoms with van der Waals surface area (Å²) in [7, 11) is 2.17. The first-order valence-corrected chi connectivity index (χ1v) is 9.37. The highest BCUT2D eigenvalue weighted by atomic mass is 16.2. The van der Waals surface area contributed by atoms with Crippen molar-refractivity contribution in [3.63, 3.8) is 0 Å². The van der Waals surface area contributed by atoms with Gasteiger partial charge in [-0.05, 0) is 38.4 Å². The van der Waals surface area contributed by atoms with Gasteiger partial charge in [0.2, 0.25) is 5.91 Å². The Balaban J connectivity index is 1.87. The van der Waals surface area contributed by atoms with Crippen LogP contribution in [-0.4, -0.2) is 66.4 Å². The van der Waals surface area contributed by atoms with Crippen molar-refractivity contribution in [3.05, 3.63) is 48.0 Å².